The smallest absolute Gasteiger partial charge is 0.274 e. The molecular formula is C13H12N4O2S. The van der Waals surface area contributed by atoms with Crippen LogP contribution < -0.4 is 4.90 Å². The molecule has 3 rings (SSSR count). The van der Waals surface area contributed by atoms with E-state index in [2.05, 4.69) is 9.97 Å². The number of benzene rings is 1. The molecule has 0 amide bonds. The number of nitro benzene ring substituents is 1. The topological polar surface area (TPSA) is 72.2 Å². The van der Waals surface area contributed by atoms with Crippen LogP contribution in [0.15, 0.2) is 35.6 Å². The number of hydrogen-bond acceptors (Lipinski definition) is 6. The van der Waals surface area contributed by atoms with Gasteiger partial charge in [-0.05, 0) is 24.8 Å². The summed E-state index contributed by atoms with van der Waals surface area (Å²) in [5.74, 6) is 0.781. The summed E-state index contributed by atoms with van der Waals surface area (Å²) in [7, 11) is 0. The van der Waals surface area contributed by atoms with Crippen LogP contribution in [-0.4, -0.2) is 27.7 Å². The van der Waals surface area contributed by atoms with Gasteiger partial charge in [-0.3, -0.25) is 10.1 Å². The molecule has 0 bridgehead atoms. The Morgan fingerprint density at radius 2 is 2.25 bits per heavy atom. The predicted octanol–water partition coefficient (Wildman–Crippen LogP) is 2.80. The highest BCUT2D eigenvalue weighted by molar-refractivity contribution is 7.98. The summed E-state index contributed by atoms with van der Waals surface area (Å²) >= 11 is 1.47. The molecular weight excluding hydrogens is 276 g/mol. The molecule has 0 saturated carbocycles. The first-order chi connectivity index (χ1) is 9.70. The number of aromatic nitrogens is 2. The second-order valence-electron chi connectivity index (χ2n) is 4.34. The summed E-state index contributed by atoms with van der Waals surface area (Å²) in [6.45, 7) is 0.699. The van der Waals surface area contributed by atoms with E-state index in [-0.39, 0.29) is 10.6 Å². The number of rotatable bonds is 3. The number of thioether (sulfide) groups is 1. The van der Waals surface area contributed by atoms with Crippen molar-refractivity contribution in [3.8, 4) is 0 Å². The van der Waals surface area contributed by atoms with E-state index in [1.165, 1.54) is 11.8 Å². The van der Waals surface area contributed by atoms with Crippen LogP contribution in [0.25, 0.3) is 0 Å². The van der Waals surface area contributed by atoms with Crippen LogP contribution in [0.4, 0.5) is 17.2 Å². The lowest BCUT2D eigenvalue weighted by molar-refractivity contribution is -0.385. The number of nitrogens with zero attached hydrogens (tertiary/aromatic N) is 4. The molecule has 0 aliphatic carbocycles. The van der Waals surface area contributed by atoms with E-state index in [0.29, 0.717) is 18.1 Å². The largest absolute Gasteiger partial charge is 0.325 e. The minimum atomic E-state index is -0.324. The standard InChI is InChI=1S/C13H12N4O2S/c1-20-13-14-7-5-12(15-13)16-8-6-9-10(16)3-2-4-11(9)17(18)19/h2-5,7H,6,8H2,1H3. The fourth-order valence-electron chi connectivity index (χ4n) is 2.41. The first kappa shape index (κ1) is 12.9. The van der Waals surface area contributed by atoms with Gasteiger partial charge in [0.2, 0.25) is 0 Å². The van der Waals surface area contributed by atoms with Gasteiger partial charge in [0.25, 0.3) is 5.69 Å². The van der Waals surface area contributed by atoms with Crippen molar-refractivity contribution in [3.63, 3.8) is 0 Å². The van der Waals surface area contributed by atoms with E-state index in [4.69, 9.17) is 0 Å². The molecule has 6 nitrogen and oxygen atoms in total. The normalized spacial score (nSPS) is 13.3. The summed E-state index contributed by atoms with van der Waals surface area (Å²) in [6, 6.07) is 6.99. The second kappa shape index (κ2) is 5.09. The van der Waals surface area contributed by atoms with Crippen LogP contribution in [0.2, 0.25) is 0 Å². The zero-order valence-corrected chi connectivity index (χ0v) is 11.6. The van der Waals surface area contributed by atoms with Gasteiger partial charge in [0.05, 0.1) is 16.2 Å². The number of anilines is 2. The Labute approximate surface area is 120 Å². The summed E-state index contributed by atoms with van der Waals surface area (Å²) in [5, 5.41) is 11.8. The van der Waals surface area contributed by atoms with Crippen LogP contribution >= 0.6 is 11.8 Å². The van der Waals surface area contributed by atoms with Gasteiger partial charge in [-0.2, -0.15) is 0 Å². The van der Waals surface area contributed by atoms with E-state index in [0.717, 1.165) is 17.1 Å². The molecule has 1 aliphatic heterocycles. The van der Waals surface area contributed by atoms with Gasteiger partial charge in [0, 0.05) is 18.8 Å². The third kappa shape index (κ3) is 2.09. The zero-order valence-electron chi connectivity index (χ0n) is 10.8. The Hall–Kier alpha value is -2.15. The van der Waals surface area contributed by atoms with Crippen molar-refractivity contribution >= 4 is 29.0 Å². The highest BCUT2D eigenvalue weighted by Gasteiger charge is 2.28. The van der Waals surface area contributed by atoms with Crippen molar-refractivity contribution in [2.45, 2.75) is 11.6 Å². The maximum atomic E-state index is 11.1. The maximum absolute atomic E-state index is 11.1. The molecule has 2 heterocycles. The van der Waals surface area contributed by atoms with Crippen molar-refractivity contribution in [2.24, 2.45) is 0 Å². The zero-order chi connectivity index (χ0) is 14.1. The van der Waals surface area contributed by atoms with Crippen molar-refractivity contribution in [1.29, 1.82) is 0 Å². The average Bonchev–Trinajstić information content (AvgIpc) is 2.91. The van der Waals surface area contributed by atoms with Gasteiger partial charge < -0.3 is 4.90 Å². The monoisotopic (exact) mass is 288 g/mol. The minimum absolute atomic E-state index is 0.184. The van der Waals surface area contributed by atoms with Gasteiger partial charge >= 0.3 is 0 Å². The van der Waals surface area contributed by atoms with Crippen molar-refractivity contribution in [2.75, 3.05) is 17.7 Å². The van der Waals surface area contributed by atoms with E-state index < -0.39 is 0 Å². The third-order valence-corrected chi connectivity index (χ3v) is 3.84. The van der Waals surface area contributed by atoms with Crippen LogP contribution in [0.1, 0.15) is 5.56 Å². The molecule has 2 aromatic rings. The average molecular weight is 288 g/mol. The van der Waals surface area contributed by atoms with Crippen LogP contribution in [0, 0.1) is 10.1 Å². The summed E-state index contributed by atoms with van der Waals surface area (Å²) in [5.41, 5.74) is 1.83. The van der Waals surface area contributed by atoms with Gasteiger partial charge in [-0.1, -0.05) is 17.8 Å². The molecule has 1 aromatic carbocycles. The summed E-state index contributed by atoms with van der Waals surface area (Å²) in [6.07, 6.45) is 4.29. The van der Waals surface area contributed by atoms with Gasteiger partial charge in [0.1, 0.15) is 5.82 Å². The molecule has 102 valence electrons. The van der Waals surface area contributed by atoms with Gasteiger partial charge in [-0.15, -0.1) is 0 Å². The SMILES string of the molecule is CSc1nccc(N2CCc3c2cccc3[N+](=O)[O-])n1. The molecule has 0 spiro atoms. The Kier molecular flexibility index (Phi) is 3.27. The Bertz CT molecular complexity index is 677. The minimum Gasteiger partial charge on any atom is -0.325 e. The molecule has 0 unspecified atom stereocenters. The van der Waals surface area contributed by atoms with Crippen LogP contribution in [-0.2, 0) is 6.42 Å². The lowest BCUT2D eigenvalue weighted by atomic mass is 10.1. The highest BCUT2D eigenvalue weighted by Crippen LogP contribution is 2.38. The van der Waals surface area contributed by atoms with Gasteiger partial charge in [-0.25, -0.2) is 9.97 Å². The quantitative estimate of drug-likeness (QED) is 0.374. The van der Waals surface area contributed by atoms with E-state index in [9.17, 15) is 10.1 Å². The molecule has 1 aliphatic rings. The Morgan fingerprint density at radius 1 is 1.40 bits per heavy atom. The number of hydrogen-bond donors (Lipinski definition) is 0. The molecule has 1 aromatic heterocycles. The van der Waals surface area contributed by atoms with Crippen molar-refractivity contribution < 1.29 is 4.92 Å². The molecule has 20 heavy (non-hydrogen) atoms. The highest BCUT2D eigenvalue weighted by atomic mass is 32.2. The molecule has 0 atom stereocenters. The molecule has 0 saturated heterocycles. The first-order valence-corrected chi connectivity index (χ1v) is 7.34. The second-order valence-corrected chi connectivity index (χ2v) is 5.11. The van der Waals surface area contributed by atoms with E-state index in [1.807, 2.05) is 23.3 Å². The molecule has 0 N–H and O–H groups in total. The van der Waals surface area contributed by atoms with Crippen molar-refractivity contribution in [1.82, 2.24) is 9.97 Å². The van der Waals surface area contributed by atoms with E-state index >= 15 is 0 Å². The molecule has 0 radical (unpaired) electrons. The fourth-order valence-corrected chi connectivity index (χ4v) is 2.76. The van der Waals surface area contributed by atoms with E-state index in [1.54, 1.807) is 18.3 Å². The first-order valence-electron chi connectivity index (χ1n) is 6.11. The predicted molar refractivity (Wildman–Crippen MR) is 77.6 cm³/mol. The summed E-state index contributed by atoms with van der Waals surface area (Å²) < 4.78 is 0. The lowest BCUT2D eigenvalue weighted by Crippen LogP contribution is -2.15. The molecule has 0 fully saturated rings. The lowest BCUT2D eigenvalue weighted by Gasteiger charge is -2.18. The Balaban J connectivity index is 2.05. The Morgan fingerprint density at radius 3 is 3.00 bits per heavy atom. The number of fused-ring (bicyclic) bond motifs is 1. The maximum Gasteiger partial charge on any atom is 0.274 e. The van der Waals surface area contributed by atoms with Crippen LogP contribution in [0.5, 0.6) is 0 Å². The van der Waals surface area contributed by atoms with Crippen molar-refractivity contribution in [3.05, 3.63) is 46.1 Å². The summed E-state index contributed by atoms with van der Waals surface area (Å²) in [4.78, 5) is 21.3. The molecule has 7 heteroatoms. The fraction of sp³-hybridized carbons (Fsp3) is 0.231. The van der Waals surface area contributed by atoms with Gasteiger partial charge in [0.15, 0.2) is 5.16 Å². The third-order valence-electron chi connectivity index (χ3n) is 3.28. The van der Waals surface area contributed by atoms with Crippen LogP contribution in [0.3, 0.4) is 0 Å². The number of nitro groups is 1.